The van der Waals surface area contributed by atoms with E-state index in [0.29, 0.717) is 17.5 Å². The predicted octanol–water partition coefficient (Wildman–Crippen LogP) is 12.5. The lowest BCUT2D eigenvalue weighted by Gasteiger charge is -2.11. The number of fused-ring (bicyclic) bond motifs is 6. The highest BCUT2D eigenvalue weighted by molar-refractivity contribution is 7.26. The van der Waals surface area contributed by atoms with Gasteiger partial charge in [0, 0.05) is 47.6 Å². The number of furan rings is 1. The summed E-state index contributed by atoms with van der Waals surface area (Å²) in [5.41, 5.74) is 9.07. The highest BCUT2D eigenvalue weighted by Crippen LogP contribution is 2.40. The van der Waals surface area contributed by atoms with Crippen LogP contribution in [0.5, 0.6) is 0 Å². The van der Waals surface area contributed by atoms with Crippen LogP contribution in [-0.2, 0) is 0 Å². The molecule has 0 saturated heterocycles. The quantitative estimate of drug-likeness (QED) is 0.185. The maximum atomic E-state index is 6.22. The van der Waals surface area contributed by atoms with Gasteiger partial charge in [-0.1, -0.05) is 127 Å². The van der Waals surface area contributed by atoms with Crippen LogP contribution in [0.15, 0.2) is 168 Å². The van der Waals surface area contributed by atoms with Gasteiger partial charge in [0.05, 0.1) is 0 Å². The Balaban J connectivity index is 1.12. The van der Waals surface area contributed by atoms with Gasteiger partial charge in [0.2, 0.25) is 0 Å². The van der Waals surface area contributed by atoms with Gasteiger partial charge in [-0.2, -0.15) is 0 Å². The molecule has 0 aliphatic carbocycles. The Morgan fingerprint density at radius 1 is 0.360 bits per heavy atom. The second kappa shape index (κ2) is 11.6. The number of hydrogen-bond donors (Lipinski definition) is 0. The fourth-order valence-corrected chi connectivity index (χ4v) is 8.08. The molecule has 10 rings (SSSR count). The summed E-state index contributed by atoms with van der Waals surface area (Å²) in [6.07, 6.45) is 0. The third-order valence-corrected chi connectivity index (χ3v) is 10.6. The van der Waals surface area contributed by atoms with Crippen LogP contribution < -0.4 is 0 Å². The Kier molecular flexibility index (Phi) is 6.64. The van der Waals surface area contributed by atoms with E-state index in [1.165, 1.54) is 25.7 Å². The molecule has 50 heavy (non-hydrogen) atoms. The van der Waals surface area contributed by atoms with Crippen LogP contribution in [0.25, 0.3) is 98.5 Å². The Morgan fingerprint density at radius 2 is 0.940 bits per heavy atom. The summed E-state index contributed by atoms with van der Waals surface area (Å²) < 4.78 is 8.64. The van der Waals surface area contributed by atoms with Crippen molar-refractivity contribution in [3.63, 3.8) is 0 Å². The van der Waals surface area contributed by atoms with Gasteiger partial charge in [-0.25, -0.2) is 15.0 Å². The van der Waals surface area contributed by atoms with Crippen LogP contribution in [0.2, 0.25) is 0 Å². The molecule has 0 fully saturated rings. The summed E-state index contributed by atoms with van der Waals surface area (Å²) in [5.74, 6) is 1.92. The van der Waals surface area contributed by atoms with Gasteiger partial charge in [0.1, 0.15) is 11.2 Å². The lowest BCUT2D eigenvalue weighted by molar-refractivity contribution is 0.669. The molecule has 5 heteroatoms. The van der Waals surface area contributed by atoms with Crippen molar-refractivity contribution in [2.24, 2.45) is 0 Å². The van der Waals surface area contributed by atoms with Crippen molar-refractivity contribution in [3.05, 3.63) is 164 Å². The molecule has 7 aromatic carbocycles. The smallest absolute Gasteiger partial charge is 0.165 e. The molecule has 4 nitrogen and oxygen atoms in total. The monoisotopic (exact) mass is 657 g/mol. The molecule has 0 unspecified atom stereocenters. The van der Waals surface area contributed by atoms with E-state index in [-0.39, 0.29) is 0 Å². The molecule has 0 atom stereocenters. The molecule has 0 spiro atoms. The maximum Gasteiger partial charge on any atom is 0.165 e. The molecule has 0 aliphatic heterocycles. The number of para-hydroxylation sites is 1. The molecule has 10 aromatic rings. The van der Waals surface area contributed by atoms with Crippen molar-refractivity contribution in [3.8, 4) is 56.4 Å². The second-order valence-electron chi connectivity index (χ2n) is 12.4. The molecular formula is C45H27N3OS. The Labute approximate surface area is 292 Å². The van der Waals surface area contributed by atoms with Crippen molar-refractivity contribution in [2.45, 2.75) is 0 Å². The van der Waals surface area contributed by atoms with Crippen LogP contribution in [0.3, 0.4) is 0 Å². The number of benzene rings is 7. The van der Waals surface area contributed by atoms with Gasteiger partial charge in [-0.3, -0.25) is 0 Å². The van der Waals surface area contributed by atoms with E-state index < -0.39 is 0 Å². The summed E-state index contributed by atoms with van der Waals surface area (Å²) in [6.45, 7) is 0. The van der Waals surface area contributed by atoms with Gasteiger partial charge >= 0.3 is 0 Å². The minimum absolute atomic E-state index is 0.627. The largest absolute Gasteiger partial charge is 0.456 e. The first kappa shape index (κ1) is 28.6. The van der Waals surface area contributed by atoms with Crippen LogP contribution in [0.1, 0.15) is 0 Å². The van der Waals surface area contributed by atoms with Gasteiger partial charge < -0.3 is 4.42 Å². The summed E-state index contributed by atoms with van der Waals surface area (Å²) >= 11 is 1.78. The zero-order chi connectivity index (χ0) is 33.0. The highest BCUT2D eigenvalue weighted by Gasteiger charge is 2.17. The molecule has 0 bridgehead atoms. The van der Waals surface area contributed by atoms with E-state index in [1.54, 1.807) is 11.3 Å². The fourth-order valence-electron chi connectivity index (χ4n) is 6.86. The van der Waals surface area contributed by atoms with E-state index in [2.05, 4.69) is 140 Å². The van der Waals surface area contributed by atoms with Crippen LogP contribution in [0.4, 0.5) is 0 Å². The third-order valence-electron chi connectivity index (χ3n) is 9.36. The van der Waals surface area contributed by atoms with Crippen molar-refractivity contribution in [1.82, 2.24) is 15.0 Å². The summed E-state index contributed by atoms with van der Waals surface area (Å²) in [6, 6.07) is 56.8. The van der Waals surface area contributed by atoms with E-state index in [1.807, 2.05) is 24.3 Å². The van der Waals surface area contributed by atoms with Crippen molar-refractivity contribution in [2.75, 3.05) is 0 Å². The van der Waals surface area contributed by atoms with Crippen molar-refractivity contribution < 1.29 is 4.42 Å². The normalized spacial score (nSPS) is 11.6. The topological polar surface area (TPSA) is 51.8 Å². The predicted molar refractivity (Wildman–Crippen MR) is 207 cm³/mol. The second-order valence-corrected chi connectivity index (χ2v) is 13.5. The maximum absolute atomic E-state index is 6.22. The van der Waals surface area contributed by atoms with Gasteiger partial charge in [-0.15, -0.1) is 11.3 Å². The Morgan fingerprint density at radius 3 is 1.82 bits per heavy atom. The van der Waals surface area contributed by atoms with E-state index >= 15 is 0 Å². The number of thiophene rings is 1. The standard InChI is InChI=1S/C45H27N3OS/c1-2-10-28(11-3-1)29-20-22-30(23-21-29)43-46-44(48-45(47-43)38-17-9-16-37-36-15-5-7-19-41(36)50-42(37)38)33-13-8-12-31(26-33)32-24-25-35-34-14-4-6-18-39(34)49-40(35)27-32/h1-27H. The molecule has 3 heterocycles. The van der Waals surface area contributed by atoms with Crippen LogP contribution in [0, 0.1) is 0 Å². The molecule has 0 amide bonds. The zero-order valence-electron chi connectivity index (χ0n) is 26.7. The number of nitrogens with zero attached hydrogens (tertiary/aromatic N) is 3. The first-order chi connectivity index (χ1) is 24.7. The van der Waals surface area contributed by atoms with Crippen molar-refractivity contribution in [1.29, 1.82) is 0 Å². The molecule has 234 valence electrons. The van der Waals surface area contributed by atoms with Crippen LogP contribution >= 0.6 is 11.3 Å². The van der Waals surface area contributed by atoms with Gasteiger partial charge in [-0.05, 0) is 58.7 Å². The highest BCUT2D eigenvalue weighted by atomic mass is 32.1. The Hall–Kier alpha value is -6.43. The SMILES string of the molecule is c1ccc(-c2ccc(-c3nc(-c4cccc(-c5ccc6c(c5)oc5ccccc56)c4)nc(-c4cccc5c4sc4ccccc45)n3)cc2)cc1. The summed E-state index contributed by atoms with van der Waals surface area (Å²) in [4.78, 5) is 15.4. The molecule has 3 aromatic heterocycles. The number of rotatable bonds is 5. The minimum Gasteiger partial charge on any atom is -0.456 e. The first-order valence-electron chi connectivity index (χ1n) is 16.6. The van der Waals surface area contributed by atoms with Gasteiger partial charge in [0.25, 0.3) is 0 Å². The molecule has 0 N–H and O–H groups in total. The summed E-state index contributed by atoms with van der Waals surface area (Å²) in [5, 5.41) is 4.69. The zero-order valence-corrected chi connectivity index (χ0v) is 27.6. The van der Waals surface area contributed by atoms with E-state index in [4.69, 9.17) is 19.4 Å². The molecule has 0 saturated carbocycles. The average Bonchev–Trinajstić information content (AvgIpc) is 3.76. The third kappa shape index (κ3) is 4.87. The Bertz CT molecular complexity index is 2870. The number of hydrogen-bond acceptors (Lipinski definition) is 5. The molecular weight excluding hydrogens is 631 g/mol. The van der Waals surface area contributed by atoms with E-state index in [9.17, 15) is 0 Å². The summed E-state index contributed by atoms with van der Waals surface area (Å²) in [7, 11) is 0. The minimum atomic E-state index is 0.627. The fraction of sp³-hybridized carbons (Fsp3) is 0. The average molecular weight is 658 g/mol. The van der Waals surface area contributed by atoms with Crippen molar-refractivity contribution >= 4 is 53.4 Å². The molecule has 0 radical (unpaired) electrons. The van der Waals surface area contributed by atoms with E-state index in [0.717, 1.165) is 55.3 Å². The lowest BCUT2D eigenvalue weighted by atomic mass is 10.0. The lowest BCUT2D eigenvalue weighted by Crippen LogP contribution is -2.00. The van der Waals surface area contributed by atoms with Crippen LogP contribution in [-0.4, -0.2) is 15.0 Å². The van der Waals surface area contributed by atoms with Gasteiger partial charge in [0.15, 0.2) is 17.5 Å². The molecule has 0 aliphatic rings. The number of aromatic nitrogens is 3. The first-order valence-corrected chi connectivity index (χ1v) is 17.4.